The number of carbonyl (C=O) groups is 1. The lowest BCUT2D eigenvalue weighted by Crippen LogP contribution is -2.10. The maximum atomic E-state index is 12.1. The molecule has 104 valence electrons. The molecule has 2 rings (SSSR count). The highest BCUT2D eigenvalue weighted by molar-refractivity contribution is 9.13. The normalized spacial score (nSPS) is 10.3. The van der Waals surface area contributed by atoms with Crippen molar-refractivity contribution >= 4 is 76.4 Å². The van der Waals surface area contributed by atoms with Gasteiger partial charge in [-0.15, -0.1) is 11.3 Å². The van der Waals surface area contributed by atoms with Crippen LogP contribution >= 0.6 is 59.1 Å². The Bertz CT molecular complexity index is 683. The molecule has 0 saturated heterocycles. The van der Waals surface area contributed by atoms with E-state index in [-0.39, 0.29) is 11.6 Å². The Morgan fingerprint density at radius 2 is 1.90 bits per heavy atom. The van der Waals surface area contributed by atoms with E-state index in [0.29, 0.717) is 15.0 Å². The summed E-state index contributed by atoms with van der Waals surface area (Å²) in [5.41, 5.74) is 0.428. The minimum atomic E-state index is -0.496. The molecule has 0 fully saturated rings. The zero-order chi connectivity index (χ0) is 14.9. The van der Waals surface area contributed by atoms with Crippen molar-refractivity contribution in [2.45, 2.75) is 0 Å². The number of carbonyl (C=O) groups excluding carboxylic acids is 1. The second kappa shape index (κ2) is 6.33. The van der Waals surface area contributed by atoms with Gasteiger partial charge in [-0.3, -0.25) is 14.9 Å². The highest BCUT2D eigenvalue weighted by Crippen LogP contribution is 2.33. The van der Waals surface area contributed by atoms with E-state index in [1.54, 1.807) is 6.07 Å². The van der Waals surface area contributed by atoms with Crippen LogP contribution in [0.1, 0.15) is 9.67 Å². The van der Waals surface area contributed by atoms with Crippen LogP contribution < -0.4 is 5.32 Å². The Morgan fingerprint density at radius 1 is 1.20 bits per heavy atom. The lowest BCUT2D eigenvalue weighted by atomic mass is 10.3. The van der Waals surface area contributed by atoms with Gasteiger partial charge in [0.15, 0.2) is 0 Å². The smallest absolute Gasteiger partial charge is 0.270 e. The van der Waals surface area contributed by atoms with Crippen LogP contribution in [0.5, 0.6) is 0 Å². The molecule has 0 atom stereocenters. The number of nitro benzene ring substituents is 1. The summed E-state index contributed by atoms with van der Waals surface area (Å²) in [6.07, 6.45) is 0. The molecule has 0 radical (unpaired) electrons. The largest absolute Gasteiger partial charge is 0.320 e. The predicted molar refractivity (Wildman–Crippen MR) is 88.5 cm³/mol. The zero-order valence-corrected chi connectivity index (χ0v) is 15.1. The number of nitrogens with zero attached hydrogens (tertiary/aromatic N) is 1. The molecule has 9 heteroatoms. The monoisotopic (exact) mass is 482 g/mol. The van der Waals surface area contributed by atoms with Gasteiger partial charge in [-0.2, -0.15) is 0 Å². The van der Waals surface area contributed by atoms with Gasteiger partial charge in [-0.25, -0.2) is 0 Å². The van der Waals surface area contributed by atoms with Crippen molar-refractivity contribution in [3.05, 3.63) is 52.0 Å². The van der Waals surface area contributed by atoms with Crippen LogP contribution in [-0.4, -0.2) is 10.8 Å². The summed E-state index contributed by atoms with van der Waals surface area (Å²) >= 11 is 11.1. The van der Waals surface area contributed by atoms with Crippen molar-refractivity contribution in [2.24, 2.45) is 0 Å². The Kier molecular flexibility index (Phi) is 4.95. The van der Waals surface area contributed by atoms with Crippen LogP contribution in [-0.2, 0) is 0 Å². The maximum absolute atomic E-state index is 12.1. The molecule has 0 saturated carbocycles. The SMILES string of the molecule is O=C(Nc1ccc([N+](=O)[O-])cc1Br)c1cc(Br)c(Br)s1. The molecule has 1 aromatic heterocycles. The van der Waals surface area contributed by atoms with Gasteiger partial charge in [-0.05, 0) is 59.9 Å². The Balaban J connectivity index is 2.21. The van der Waals surface area contributed by atoms with Crippen molar-refractivity contribution in [3.8, 4) is 0 Å². The van der Waals surface area contributed by atoms with Gasteiger partial charge < -0.3 is 5.32 Å². The second-order valence-corrected chi connectivity index (χ2v) is 7.69. The third kappa shape index (κ3) is 3.46. The maximum Gasteiger partial charge on any atom is 0.270 e. The second-order valence-electron chi connectivity index (χ2n) is 3.61. The Morgan fingerprint density at radius 3 is 2.40 bits per heavy atom. The molecule has 0 aliphatic rings. The first-order valence-electron chi connectivity index (χ1n) is 5.08. The average Bonchev–Trinajstić information content (AvgIpc) is 2.72. The number of hydrogen-bond donors (Lipinski definition) is 1. The molecular weight excluding hydrogens is 480 g/mol. The van der Waals surface area contributed by atoms with Crippen LogP contribution in [0.25, 0.3) is 0 Å². The summed E-state index contributed by atoms with van der Waals surface area (Å²) in [6.45, 7) is 0. The number of nitro groups is 1. The first-order chi connectivity index (χ1) is 9.38. The Hall–Kier alpha value is -0.770. The molecule has 0 spiro atoms. The zero-order valence-electron chi connectivity index (χ0n) is 9.52. The van der Waals surface area contributed by atoms with E-state index < -0.39 is 4.92 Å². The number of thiophene rings is 1. The molecule has 0 aliphatic heterocycles. The molecule has 2 aromatic rings. The topological polar surface area (TPSA) is 72.2 Å². The van der Waals surface area contributed by atoms with Gasteiger partial charge >= 0.3 is 0 Å². The van der Waals surface area contributed by atoms with Gasteiger partial charge in [0.1, 0.15) is 0 Å². The highest BCUT2D eigenvalue weighted by Gasteiger charge is 2.15. The van der Waals surface area contributed by atoms with Gasteiger partial charge in [0, 0.05) is 21.1 Å². The third-order valence-electron chi connectivity index (χ3n) is 2.28. The predicted octanol–water partition coefficient (Wildman–Crippen LogP) is 5.20. The molecule has 1 heterocycles. The lowest BCUT2D eigenvalue weighted by Gasteiger charge is -2.05. The number of benzene rings is 1. The van der Waals surface area contributed by atoms with Crippen molar-refractivity contribution in [1.29, 1.82) is 0 Å². The van der Waals surface area contributed by atoms with E-state index in [2.05, 4.69) is 53.1 Å². The van der Waals surface area contributed by atoms with E-state index in [0.717, 1.165) is 8.26 Å². The fourth-order valence-corrected chi connectivity index (χ4v) is 3.76. The van der Waals surface area contributed by atoms with Crippen LogP contribution in [0.3, 0.4) is 0 Å². The highest BCUT2D eigenvalue weighted by atomic mass is 79.9. The summed E-state index contributed by atoms with van der Waals surface area (Å²) in [7, 11) is 0. The van der Waals surface area contributed by atoms with E-state index >= 15 is 0 Å². The molecule has 0 unspecified atom stereocenters. The quantitative estimate of drug-likeness (QED) is 0.481. The van der Waals surface area contributed by atoms with Gasteiger partial charge in [0.05, 0.1) is 19.3 Å². The molecule has 5 nitrogen and oxygen atoms in total. The molecule has 1 amide bonds. The lowest BCUT2D eigenvalue weighted by molar-refractivity contribution is -0.384. The van der Waals surface area contributed by atoms with Crippen molar-refractivity contribution in [3.63, 3.8) is 0 Å². The van der Waals surface area contributed by atoms with Crippen LogP contribution in [0.15, 0.2) is 37.0 Å². The number of rotatable bonds is 3. The number of non-ortho nitro benzene ring substituents is 1. The number of halogens is 3. The number of amides is 1. The molecule has 0 aliphatic carbocycles. The van der Waals surface area contributed by atoms with Crippen LogP contribution in [0.4, 0.5) is 11.4 Å². The van der Waals surface area contributed by atoms with Crippen molar-refractivity contribution in [1.82, 2.24) is 0 Å². The third-order valence-corrected chi connectivity index (χ3v) is 6.19. The standard InChI is InChI=1S/C11H5Br3N2O3S/c12-6-3-5(16(18)19)1-2-8(6)15-11(17)9-4-7(13)10(14)20-9/h1-4H,(H,15,17). The fraction of sp³-hybridized carbons (Fsp3) is 0. The minimum Gasteiger partial charge on any atom is -0.320 e. The fourth-order valence-electron chi connectivity index (χ4n) is 1.36. The molecule has 1 N–H and O–H groups in total. The van der Waals surface area contributed by atoms with E-state index in [1.807, 2.05) is 0 Å². The van der Waals surface area contributed by atoms with Gasteiger partial charge in [0.25, 0.3) is 11.6 Å². The number of nitrogens with one attached hydrogen (secondary N) is 1. The van der Waals surface area contributed by atoms with E-state index in [9.17, 15) is 14.9 Å². The molecule has 1 aromatic carbocycles. The summed E-state index contributed by atoms with van der Waals surface area (Å²) in [6, 6.07) is 5.86. The summed E-state index contributed by atoms with van der Waals surface area (Å²) < 4.78 is 2.08. The van der Waals surface area contributed by atoms with Crippen LogP contribution in [0, 0.1) is 10.1 Å². The van der Waals surface area contributed by atoms with Crippen molar-refractivity contribution in [2.75, 3.05) is 5.32 Å². The van der Waals surface area contributed by atoms with Gasteiger partial charge in [0.2, 0.25) is 0 Å². The van der Waals surface area contributed by atoms with Crippen LogP contribution in [0.2, 0.25) is 0 Å². The number of anilines is 1. The molecular formula is C11H5Br3N2O3S. The number of hydrogen-bond acceptors (Lipinski definition) is 4. The minimum absolute atomic E-state index is 0.0449. The first kappa shape index (κ1) is 15.6. The van der Waals surface area contributed by atoms with E-state index in [4.69, 9.17) is 0 Å². The van der Waals surface area contributed by atoms with Crippen molar-refractivity contribution < 1.29 is 9.72 Å². The first-order valence-corrected chi connectivity index (χ1v) is 8.28. The summed E-state index contributed by atoms with van der Waals surface area (Å²) in [4.78, 5) is 22.7. The average molecular weight is 485 g/mol. The van der Waals surface area contributed by atoms with Gasteiger partial charge in [-0.1, -0.05) is 0 Å². The summed E-state index contributed by atoms with van der Waals surface area (Å²) in [5, 5.41) is 13.3. The molecule has 20 heavy (non-hydrogen) atoms. The molecule has 0 bridgehead atoms. The Labute approximate surface area is 142 Å². The van der Waals surface area contributed by atoms with E-state index in [1.165, 1.54) is 29.5 Å². The summed E-state index contributed by atoms with van der Waals surface area (Å²) in [5.74, 6) is -0.282.